The van der Waals surface area contributed by atoms with Gasteiger partial charge in [0.1, 0.15) is 0 Å². The SMILES string of the molecule is C1CCNC1.C1COCCN1.CC1CNCC(C)O1.CN1CCNCC1.OCCN1CCNCC1. The molecule has 2 unspecified atom stereocenters. The number of aliphatic hydroxyl groups excluding tert-OH is 1. The lowest BCUT2D eigenvalue weighted by molar-refractivity contribution is -0.0166. The van der Waals surface area contributed by atoms with Crippen molar-refractivity contribution in [3.8, 4) is 0 Å². The Bertz CT molecular complexity index is 401. The third-order valence-corrected chi connectivity index (χ3v) is 6.10. The summed E-state index contributed by atoms with van der Waals surface area (Å²) in [5.74, 6) is 0. The molecule has 5 aliphatic heterocycles. The number of nitrogens with one attached hydrogen (secondary N) is 5. The Labute approximate surface area is 215 Å². The number of likely N-dealkylation sites (N-methyl/N-ethyl adjacent to an activating group) is 1. The van der Waals surface area contributed by atoms with Crippen molar-refractivity contribution < 1.29 is 14.6 Å². The zero-order valence-electron chi connectivity index (χ0n) is 23.0. The van der Waals surface area contributed by atoms with E-state index in [1.165, 1.54) is 39.0 Å². The maximum Gasteiger partial charge on any atom is 0.0675 e. The summed E-state index contributed by atoms with van der Waals surface area (Å²) in [4.78, 5) is 4.59. The third-order valence-electron chi connectivity index (χ3n) is 6.10. The number of aliphatic hydroxyl groups is 1. The second-order valence-electron chi connectivity index (χ2n) is 9.60. The first kappa shape index (κ1) is 32.6. The molecule has 210 valence electrons. The fourth-order valence-electron chi connectivity index (χ4n) is 3.98. The monoisotopic (exact) mass is 503 g/mol. The van der Waals surface area contributed by atoms with E-state index in [9.17, 15) is 0 Å². The minimum absolute atomic E-state index is 0.292. The predicted molar refractivity (Wildman–Crippen MR) is 145 cm³/mol. The van der Waals surface area contributed by atoms with E-state index >= 15 is 0 Å². The maximum atomic E-state index is 8.56. The summed E-state index contributed by atoms with van der Waals surface area (Å²) in [7, 11) is 2.15. The molecule has 10 heteroatoms. The topological polar surface area (TPSA) is 105 Å². The molecule has 5 heterocycles. The molecule has 5 saturated heterocycles. The van der Waals surface area contributed by atoms with Gasteiger partial charge in [0.25, 0.3) is 0 Å². The van der Waals surface area contributed by atoms with E-state index in [4.69, 9.17) is 14.6 Å². The van der Waals surface area contributed by atoms with Crippen molar-refractivity contribution in [3.05, 3.63) is 0 Å². The highest BCUT2D eigenvalue weighted by atomic mass is 16.5. The number of nitrogens with zero attached hydrogens (tertiary/aromatic N) is 2. The summed E-state index contributed by atoms with van der Waals surface area (Å²) in [6, 6.07) is 0. The summed E-state index contributed by atoms with van der Waals surface area (Å²) in [6.07, 6.45) is 3.58. The van der Waals surface area contributed by atoms with Gasteiger partial charge in [0.05, 0.1) is 32.0 Å². The molecule has 0 bridgehead atoms. The first-order valence-corrected chi connectivity index (χ1v) is 13.9. The summed E-state index contributed by atoms with van der Waals surface area (Å²) in [5.41, 5.74) is 0. The van der Waals surface area contributed by atoms with Crippen LogP contribution in [0.3, 0.4) is 0 Å². The van der Waals surface area contributed by atoms with Gasteiger partial charge in [-0.3, -0.25) is 4.90 Å². The normalized spacial score (nSPS) is 27.4. The Kier molecular flexibility index (Phi) is 22.3. The summed E-state index contributed by atoms with van der Waals surface area (Å²) < 4.78 is 10.4. The molecule has 35 heavy (non-hydrogen) atoms. The van der Waals surface area contributed by atoms with Crippen molar-refractivity contribution in [1.82, 2.24) is 36.4 Å². The zero-order chi connectivity index (χ0) is 25.4. The summed E-state index contributed by atoms with van der Waals surface area (Å²) in [5, 5.41) is 24.7. The van der Waals surface area contributed by atoms with Crippen molar-refractivity contribution in [3.63, 3.8) is 0 Å². The van der Waals surface area contributed by atoms with E-state index in [2.05, 4.69) is 57.3 Å². The number of β-amino-alcohol motifs (C(OH)–C–C–N with tert-alkyl or cyclic N) is 1. The third kappa shape index (κ3) is 21.4. The largest absolute Gasteiger partial charge is 0.395 e. The zero-order valence-corrected chi connectivity index (χ0v) is 23.0. The van der Waals surface area contributed by atoms with Crippen LogP contribution in [0, 0.1) is 0 Å². The highest BCUT2D eigenvalue weighted by Crippen LogP contribution is 2.00. The molecule has 5 fully saturated rings. The van der Waals surface area contributed by atoms with Gasteiger partial charge in [0.15, 0.2) is 0 Å². The molecule has 2 atom stereocenters. The molecule has 5 aliphatic rings. The molecule has 10 nitrogen and oxygen atoms in total. The average Bonchev–Trinajstić information content (AvgIpc) is 3.48. The minimum Gasteiger partial charge on any atom is -0.395 e. The van der Waals surface area contributed by atoms with E-state index in [-0.39, 0.29) is 0 Å². The smallest absolute Gasteiger partial charge is 0.0675 e. The second-order valence-corrected chi connectivity index (χ2v) is 9.60. The summed E-state index contributed by atoms with van der Waals surface area (Å²) in [6.45, 7) is 22.7. The van der Waals surface area contributed by atoms with E-state index in [0.29, 0.717) is 18.8 Å². The molecular weight excluding hydrogens is 446 g/mol. The van der Waals surface area contributed by atoms with Crippen molar-refractivity contribution in [2.75, 3.05) is 125 Å². The van der Waals surface area contributed by atoms with Crippen LogP contribution in [0.25, 0.3) is 0 Å². The summed E-state index contributed by atoms with van der Waals surface area (Å²) >= 11 is 0. The van der Waals surface area contributed by atoms with Gasteiger partial charge < -0.3 is 46.1 Å². The molecule has 0 aromatic heterocycles. The molecule has 0 amide bonds. The van der Waals surface area contributed by atoms with Gasteiger partial charge in [-0.15, -0.1) is 0 Å². The van der Waals surface area contributed by atoms with Crippen LogP contribution in [0.5, 0.6) is 0 Å². The molecular formula is C25H57N7O3. The van der Waals surface area contributed by atoms with Crippen molar-refractivity contribution >= 4 is 0 Å². The molecule has 0 aliphatic carbocycles. The molecule has 5 rings (SSSR count). The number of morpholine rings is 2. The van der Waals surface area contributed by atoms with E-state index in [0.717, 1.165) is 85.2 Å². The van der Waals surface area contributed by atoms with E-state index < -0.39 is 0 Å². The number of hydrogen-bond acceptors (Lipinski definition) is 10. The quantitative estimate of drug-likeness (QED) is 0.274. The van der Waals surface area contributed by atoms with Crippen LogP contribution >= 0.6 is 0 Å². The number of ether oxygens (including phenoxy) is 2. The van der Waals surface area contributed by atoms with Crippen LogP contribution in [0.2, 0.25) is 0 Å². The molecule has 0 radical (unpaired) electrons. The molecule has 0 spiro atoms. The Morgan fingerprint density at radius 2 is 1.17 bits per heavy atom. The number of hydrogen-bond donors (Lipinski definition) is 6. The Hall–Kier alpha value is -0.400. The van der Waals surface area contributed by atoms with Crippen LogP contribution in [-0.4, -0.2) is 152 Å². The lowest BCUT2D eigenvalue weighted by Gasteiger charge is -2.25. The van der Waals surface area contributed by atoms with E-state index in [1.807, 2.05) is 0 Å². The fourth-order valence-corrected chi connectivity index (χ4v) is 3.98. The van der Waals surface area contributed by atoms with Gasteiger partial charge in [-0.2, -0.15) is 0 Å². The van der Waals surface area contributed by atoms with Crippen LogP contribution in [0.15, 0.2) is 0 Å². The molecule has 0 aromatic rings. The lowest BCUT2D eigenvalue weighted by atomic mass is 10.3. The molecule has 6 N–H and O–H groups in total. The lowest BCUT2D eigenvalue weighted by Crippen LogP contribution is -2.44. The average molecular weight is 504 g/mol. The molecule has 0 saturated carbocycles. The van der Waals surface area contributed by atoms with Gasteiger partial charge >= 0.3 is 0 Å². The van der Waals surface area contributed by atoms with Crippen molar-refractivity contribution in [2.45, 2.75) is 38.9 Å². The number of rotatable bonds is 2. The van der Waals surface area contributed by atoms with Crippen LogP contribution in [0.4, 0.5) is 0 Å². The van der Waals surface area contributed by atoms with Crippen molar-refractivity contribution in [2.24, 2.45) is 0 Å². The van der Waals surface area contributed by atoms with Crippen LogP contribution < -0.4 is 26.6 Å². The highest BCUT2D eigenvalue weighted by molar-refractivity contribution is 4.67. The van der Waals surface area contributed by atoms with Gasteiger partial charge in [0, 0.05) is 85.1 Å². The fraction of sp³-hybridized carbons (Fsp3) is 1.00. The van der Waals surface area contributed by atoms with E-state index in [1.54, 1.807) is 0 Å². The van der Waals surface area contributed by atoms with Crippen LogP contribution in [0.1, 0.15) is 26.7 Å². The first-order chi connectivity index (χ1) is 17.1. The highest BCUT2D eigenvalue weighted by Gasteiger charge is 2.13. The van der Waals surface area contributed by atoms with Gasteiger partial charge in [-0.25, -0.2) is 0 Å². The maximum absolute atomic E-state index is 8.56. The second kappa shape index (κ2) is 24.0. The van der Waals surface area contributed by atoms with Crippen molar-refractivity contribution in [1.29, 1.82) is 0 Å². The first-order valence-electron chi connectivity index (χ1n) is 13.9. The Balaban J connectivity index is 0.000000222. The Morgan fingerprint density at radius 3 is 1.46 bits per heavy atom. The number of piperazine rings is 2. The standard InChI is InChI=1S/C6H14N2O.C6H13NO.C5H12N2.C4H9NO.C4H9N/c9-6-5-8-3-1-7-2-4-8;1-5-3-7-4-6(2)8-5;1-7-4-2-6-3-5-7;1-3-6-4-2-5-1;1-2-4-5-3-1/h7,9H,1-6H2;5-7H,3-4H2,1-2H3;6H,2-5H2,1H3;5H,1-4H2;5H,1-4H2. The predicted octanol–water partition coefficient (Wildman–Crippen LogP) is -1.24. The Morgan fingerprint density at radius 1 is 0.686 bits per heavy atom. The van der Waals surface area contributed by atoms with Gasteiger partial charge in [-0.1, -0.05) is 0 Å². The minimum atomic E-state index is 0.292. The molecule has 0 aromatic carbocycles. The van der Waals surface area contributed by atoms with Gasteiger partial charge in [-0.05, 0) is 46.8 Å². The van der Waals surface area contributed by atoms with Gasteiger partial charge in [0.2, 0.25) is 0 Å². The van der Waals surface area contributed by atoms with Crippen LogP contribution in [-0.2, 0) is 9.47 Å².